The molecule has 0 amide bonds. The van der Waals surface area contributed by atoms with E-state index in [2.05, 4.69) is 108 Å². The van der Waals surface area contributed by atoms with Crippen LogP contribution in [0.15, 0.2) is 101 Å². The van der Waals surface area contributed by atoms with Crippen molar-refractivity contribution in [3.05, 3.63) is 125 Å². The molecule has 204 valence electrons. The number of nitrogens with zero attached hydrogens (tertiary/aromatic N) is 2. The highest BCUT2D eigenvalue weighted by Crippen LogP contribution is 2.51. The number of hydrogen-bond acceptors (Lipinski definition) is 1. The zero-order chi connectivity index (χ0) is 30.3. The second kappa shape index (κ2) is 7.86. The van der Waals surface area contributed by atoms with Crippen molar-refractivity contribution in [3.8, 4) is 22.5 Å². The van der Waals surface area contributed by atoms with E-state index in [1.807, 2.05) is 26.8 Å². The molecule has 42 heavy (non-hydrogen) atoms. The van der Waals surface area contributed by atoms with Crippen molar-refractivity contribution in [3.63, 3.8) is 0 Å². The second-order valence-electron chi connectivity index (χ2n) is 13.2. The molecule has 0 bridgehead atoms. The van der Waals surface area contributed by atoms with Crippen LogP contribution in [0.3, 0.4) is 0 Å². The number of allylic oxidation sites excluding steroid dienone is 2. The smallest absolute Gasteiger partial charge is 0.417 e. The van der Waals surface area contributed by atoms with E-state index in [-0.39, 0.29) is 0 Å². The standard InChI is InChI=1S/C39H34N2O/c1-23-20-26-13-14-27-28-15-16-31-35(37(28)42-36(27)34(26)24(23)2)33-21-25(22-38(3,4)5)17-19-41(33)39(31)30-11-7-6-10-29(30)32-12-8-9-18-40(32)39/h6-19,21H,20,22H2,1-5H3/q+2/i22D2. The normalized spacial score (nSPS) is 19.2. The molecule has 3 aliphatic rings. The summed E-state index contributed by atoms with van der Waals surface area (Å²) in [5.41, 5.74) is 13.2. The first-order valence-corrected chi connectivity index (χ1v) is 14.9. The highest BCUT2D eigenvalue weighted by atomic mass is 16.3. The van der Waals surface area contributed by atoms with E-state index in [1.165, 1.54) is 33.4 Å². The molecule has 3 aromatic carbocycles. The van der Waals surface area contributed by atoms with E-state index in [0.717, 1.165) is 50.9 Å². The van der Waals surface area contributed by atoms with Gasteiger partial charge in [-0.3, -0.25) is 0 Å². The van der Waals surface area contributed by atoms with Gasteiger partial charge in [-0.2, -0.15) is 0 Å². The Morgan fingerprint density at radius 2 is 1.52 bits per heavy atom. The lowest BCUT2D eigenvalue weighted by Crippen LogP contribution is -2.71. The highest BCUT2D eigenvalue weighted by Gasteiger charge is 2.67. The number of hydrogen-bond donors (Lipinski definition) is 0. The Morgan fingerprint density at radius 3 is 2.36 bits per heavy atom. The molecule has 0 radical (unpaired) electrons. The minimum atomic E-state index is -1.54. The Labute approximate surface area is 249 Å². The van der Waals surface area contributed by atoms with Crippen LogP contribution in [0.4, 0.5) is 0 Å². The van der Waals surface area contributed by atoms with Gasteiger partial charge in [0.2, 0.25) is 11.4 Å². The summed E-state index contributed by atoms with van der Waals surface area (Å²) in [6.07, 6.45) is 3.70. The third kappa shape index (κ3) is 2.86. The quantitative estimate of drug-likeness (QED) is 0.189. The van der Waals surface area contributed by atoms with Crippen molar-refractivity contribution in [1.29, 1.82) is 0 Å². The maximum Gasteiger partial charge on any atom is 0.417 e. The van der Waals surface area contributed by atoms with Crippen LogP contribution in [0.25, 0.3) is 50.0 Å². The lowest BCUT2D eigenvalue weighted by atomic mass is 9.88. The number of benzene rings is 3. The summed E-state index contributed by atoms with van der Waals surface area (Å²) in [7, 11) is 0. The molecule has 5 heterocycles. The molecular formula is C39H34N2O+2. The predicted octanol–water partition coefficient (Wildman–Crippen LogP) is 8.36. The van der Waals surface area contributed by atoms with Crippen LogP contribution < -0.4 is 9.13 Å². The Balaban J connectivity index is 1.46. The van der Waals surface area contributed by atoms with Crippen LogP contribution in [0.1, 0.15) is 65.2 Å². The number of furan rings is 1. The minimum absolute atomic E-state index is 0.583. The van der Waals surface area contributed by atoms with E-state index < -0.39 is 17.5 Å². The van der Waals surface area contributed by atoms with Gasteiger partial charge in [0.25, 0.3) is 0 Å². The van der Waals surface area contributed by atoms with Gasteiger partial charge in [-0.1, -0.05) is 50.6 Å². The molecule has 3 aromatic heterocycles. The van der Waals surface area contributed by atoms with E-state index in [0.29, 0.717) is 5.56 Å². The number of fused-ring (bicyclic) bond motifs is 16. The van der Waals surface area contributed by atoms with Gasteiger partial charge in [0.1, 0.15) is 27.9 Å². The van der Waals surface area contributed by atoms with Crippen molar-refractivity contribution in [2.45, 2.75) is 53.1 Å². The third-order valence-electron chi connectivity index (χ3n) is 9.61. The van der Waals surface area contributed by atoms with Gasteiger partial charge in [-0.25, -0.2) is 0 Å². The maximum atomic E-state index is 9.20. The number of pyridine rings is 2. The van der Waals surface area contributed by atoms with E-state index in [4.69, 9.17) is 4.42 Å². The first-order valence-electron chi connectivity index (χ1n) is 15.9. The second-order valence-corrected chi connectivity index (χ2v) is 13.2. The molecule has 0 saturated carbocycles. The Bertz CT molecular complexity index is 2250. The van der Waals surface area contributed by atoms with Crippen molar-refractivity contribution >= 4 is 27.5 Å². The van der Waals surface area contributed by atoms with Gasteiger partial charge in [0.15, 0.2) is 12.4 Å². The van der Waals surface area contributed by atoms with Crippen molar-refractivity contribution in [2.24, 2.45) is 5.41 Å². The third-order valence-corrected chi connectivity index (χ3v) is 9.61. The van der Waals surface area contributed by atoms with E-state index in [9.17, 15) is 2.74 Å². The summed E-state index contributed by atoms with van der Waals surface area (Å²) >= 11 is 0. The maximum absolute atomic E-state index is 9.20. The number of aromatic nitrogens is 2. The monoisotopic (exact) mass is 548 g/mol. The van der Waals surface area contributed by atoms with Crippen LogP contribution >= 0.6 is 0 Å². The zero-order valence-electron chi connectivity index (χ0n) is 26.7. The van der Waals surface area contributed by atoms with Crippen molar-refractivity contribution < 1.29 is 16.3 Å². The van der Waals surface area contributed by atoms with Gasteiger partial charge >= 0.3 is 5.66 Å². The Kier molecular flexibility index (Phi) is 4.14. The summed E-state index contributed by atoms with van der Waals surface area (Å²) in [6.45, 7) is 10.3. The highest BCUT2D eigenvalue weighted by molar-refractivity contribution is 6.13. The molecule has 1 atom stereocenters. The molecule has 3 heteroatoms. The molecule has 0 fully saturated rings. The van der Waals surface area contributed by atoms with Gasteiger partial charge in [-0.15, -0.1) is 9.13 Å². The van der Waals surface area contributed by atoms with Crippen molar-refractivity contribution in [1.82, 2.24) is 0 Å². The fourth-order valence-electron chi connectivity index (χ4n) is 7.90. The van der Waals surface area contributed by atoms with Crippen LogP contribution in [0.5, 0.6) is 0 Å². The van der Waals surface area contributed by atoms with Crippen LogP contribution in [-0.2, 0) is 18.5 Å². The fourth-order valence-corrected chi connectivity index (χ4v) is 7.90. The molecule has 2 aliphatic heterocycles. The van der Waals surface area contributed by atoms with Crippen molar-refractivity contribution in [2.75, 3.05) is 0 Å². The van der Waals surface area contributed by atoms with E-state index in [1.54, 1.807) is 0 Å². The SMILES string of the molecule is [2H]C([2H])(c1cc[n+]2c(c1)-c1c(ccc3c1oc1c4c(ccc13)CC(C)=C4C)C21c2ccccc2-c2cccc[n+]21)C(C)(C)C. The summed E-state index contributed by atoms with van der Waals surface area (Å²) < 4.78 is 30.2. The van der Waals surface area contributed by atoms with Gasteiger partial charge in [0.05, 0.1) is 5.56 Å². The molecule has 0 N–H and O–H groups in total. The predicted molar refractivity (Wildman–Crippen MR) is 168 cm³/mol. The first-order chi connectivity index (χ1) is 21.0. The van der Waals surface area contributed by atoms with Crippen LogP contribution in [-0.4, -0.2) is 0 Å². The summed E-state index contributed by atoms with van der Waals surface area (Å²) in [4.78, 5) is 0. The zero-order valence-corrected chi connectivity index (χ0v) is 24.7. The largest absolute Gasteiger partial charge is 0.454 e. The fraction of sp³-hybridized carbons (Fsp3) is 0.231. The van der Waals surface area contributed by atoms with Gasteiger partial charge < -0.3 is 4.42 Å². The number of rotatable bonds is 1. The molecule has 3 nitrogen and oxygen atoms in total. The average molecular weight is 549 g/mol. The molecule has 0 saturated heterocycles. The molecule has 6 aromatic rings. The Morgan fingerprint density at radius 1 is 0.786 bits per heavy atom. The molecule has 1 spiro atoms. The Hall–Kier alpha value is -4.50. The topological polar surface area (TPSA) is 20.9 Å². The minimum Gasteiger partial charge on any atom is -0.454 e. The van der Waals surface area contributed by atoms with Crippen LogP contribution in [0.2, 0.25) is 0 Å². The summed E-state index contributed by atoms with van der Waals surface area (Å²) in [5.74, 6) is 0. The lowest BCUT2D eigenvalue weighted by molar-refractivity contribution is -0.955. The molecule has 1 aliphatic carbocycles. The van der Waals surface area contributed by atoms with Crippen LogP contribution in [0, 0.1) is 5.41 Å². The average Bonchev–Trinajstić information content (AvgIpc) is 3.71. The molecule has 1 unspecified atom stereocenters. The first kappa shape index (κ1) is 22.1. The summed E-state index contributed by atoms with van der Waals surface area (Å²) in [6, 6.07) is 28.1. The molecular weight excluding hydrogens is 512 g/mol. The van der Waals surface area contributed by atoms with Gasteiger partial charge in [-0.05, 0) is 79.1 Å². The summed E-state index contributed by atoms with van der Waals surface area (Å²) in [5, 5.41) is 2.22. The lowest BCUT2D eigenvalue weighted by Gasteiger charge is -2.19. The van der Waals surface area contributed by atoms with E-state index >= 15 is 0 Å². The molecule has 9 rings (SSSR count). The van der Waals surface area contributed by atoms with Gasteiger partial charge in [0, 0.05) is 43.3 Å².